The van der Waals surface area contributed by atoms with Gasteiger partial charge in [0.1, 0.15) is 0 Å². The molecule has 1 aromatic heterocycles. The normalized spacial score (nSPS) is 15.0. The fourth-order valence-corrected chi connectivity index (χ4v) is 3.63. The van der Waals surface area contributed by atoms with Gasteiger partial charge in [0.2, 0.25) is 5.56 Å². The first-order chi connectivity index (χ1) is 13.5. The highest BCUT2D eigenvalue weighted by Gasteiger charge is 2.16. The van der Waals surface area contributed by atoms with E-state index in [0.717, 1.165) is 42.8 Å². The van der Waals surface area contributed by atoms with Gasteiger partial charge in [-0.05, 0) is 43.8 Å². The molecule has 2 heterocycles. The Labute approximate surface area is 163 Å². The first-order valence-corrected chi connectivity index (χ1v) is 9.49. The highest BCUT2D eigenvalue weighted by Crippen LogP contribution is 2.25. The predicted molar refractivity (Wildman–Crippen MR) is 113 cm³/mol. The van der Waals surface area contributed by atoms with E-state index < -0.39 is 0 Å². The molecule has 0 atom stereocenters. The molecule has 1 aliphatic heterocycles. The zero-order valence-electron chi connectivity index (χ0n) is 16.2. The number of fused-ring (bicyclic) bond motifs is 1. The summed E-state index contributed by atoms with van der Waals surface area (Å²) >= 11 is 0. The molecule has 0 unspecified atom stereocenters. The van der Waals surface area contributed by atoms with Crippen molar-refractivity contribution < 1.29 is 4.79 Å². The van der Waals surface area contributed by atoms with Crippen LogP contribution in [-0.4, -0.2) is 49.0 Å². The quantitative estimate of drug-likeness (QED) is 0.738. The Morgan fingerprint density at radius 3 is 2.54 bits per heavy atom. The fraction of sp³-hybridized carbons (Fsp3) is 0.273. The molecule has 0 aliphatic carbocycles. The van der Waals surface area contributed by atoms with Gasteiger partial charge in [0.05, 0.1) is 5.56 Å². The van der Waals surface area contributed by atoms with Gasteiger partial charge in [0.25, 0.3) is 5.91 Å². The Balaban J connectivity index is 1.58. The molecule has 1 saturated heterocycles. The molecule has 0 radical (unpaired) electrons. The summed E-state index contributed by atoms with van der Waals surface area (Å²) in [6.07, 6.45) is 0. The molecule has 1 fully saturated rings. The van der Waals surface area contributed by atoms with Crippen LogP contribution in [0.2, 0.25) is 0 Å². The minimum absolute atomic E-state index is 0.280. The molecule has 0 bridgehead atoms. The van der Waals surface area contributed by atoms with E-state index in [1.807, 2.05) is 37.3 Å². The molecule has 3 aromatic rings. The number of nitrogens with one attached hydrogen (secondary N) is 2. The number of pyridine rings is 1. The fourth-order valence-electron chi connectivity index (χ4n) is 3.63. The van der Waals surface area contributed by atoms with Gasteiger partial charge >= 0.3 is 0 Å². The maximum absolute atomic E-state index is 12.9. The summed E-state index contributed by atoms with van der Waals surface area (Å²) in [6.45, 7) is 6.09. The highest BCUT2D eigenvalue weighted by atomic mass is 16.2. The van der Waals surface area contributed by atoms with Crippen LogP contribution in [0.25, 0.3) is 10.9 Å². The number of anilines is 2. The zero-order chi connectivity index (χ0) is 19.7. The Hall–Kier alpha value is -3.12. The van der Waals surface area contributed by atoms with E-state index in [4.69, 9.17) is 0 Å². The van der Waals surface area contributed by atoms with Crippen molar-refractivity contribution in [3.8, 4) is 0 Å². The van der Waals surface area contributed by atoms with Gasteiger partial charge in [-0.3, -0.25) is 9.59 Å². The summed E-state index contributed by atoms with van der Waals surface area (Å²) < 4.78 is 0. The average Bonchev–Trinajstić information content (AvgIpc) is 2.69. The van der Waals surface area contributed by atoms with Crippen LogP contribution >= 0.6 is 0 Å². The summed E-state index contributed by atoms with van der Waals surface area (Å²) in [7, 11) is 2.14. The lowest BCUT2D eigenvalue weighted by molar-refractivity contribution is 0.102. The molecule has 1 aliphatic rings. The van der Waals surface area contributed by atoms with E-state index in [0.29, 0.717) is 11.1 Å². The zero-order valence-corrected chi connectivity index (χ0v) is 16.2. The number of aromatic nitrogens is 1. The number of carbonyl (C=O) groups is 1. The van der Waals surface area contributed by atoms with Crippen LogP contribution in [0, 0.1) is 6.92 Å². The van der Waals surface area contributed by atoms with Crippen LogP contribution in [0.3, 0.4) is 0 Å². The number of hydrogen-bond donors (Lipinski definition) is 2. The Kier molecular flexibility index (Phi) is 4.88. The summed E-state index contributed by atoms with van der Waals surface area (Å²) in [5, 5.41) is 3.69. The number of benzene rings is 2. The molecule has 1 amide bonds. The number of rotatable bonds is 3. The highest BCUT2D eigenvalue weighted by molar-refractivity contribution is 6.12. The number of aromatic amines is 1. The van der Waals surface area contributed by atoms with Crippen LogP contribution in [0.4, 0.5) is 11.4 Å². The SMILES string of the molecule is Cc1cc(N2CCN(C)CC2)ccc1NC(=O)c1cc(=O)[nH]c2ccccc12. The largest absolute Gasteiger partial charge is 0.369 e. The van der Waals surface area contributed by atoms with Crippen LogP contribution in [-0.2, 0) is 0 Å². The van der Waals surface area contributed by atoms with Crippen LogP contribution < -0.4 is 15.8 Å². The number of carbonyl (C=O) groups excluding carboxylic acids is 1. The van der Waals surface area contributed by atoms with Crippen molar-refractivity contribution in [3.63, 3.8) is 0 Å². The number of nitrogens with zero attached hydrogens (tertiary/aromatic N) is 2. The second kappa shape index (κ2) is 7.48. The molecule has 6 heteroatoms. The number of para-hydroxylation sites is 1. The summed E-state index contributed by atoms with van der Waals surface area (Å²) in [5.41, 5.74) is 3.67. The van der Waals surface area contributed by atoms with Crippen molar-refractivity contribution in [2.75, 3.05) is 43.4 Å². The van der Waals surface area contributed by atoms with E-state index in [1.165, 1.54) is 11.8 Å². The number of H-pyrrole nitrogens is 1. The molecule has 28 heavy (non-hydrogen) atoms. The van der Waals surface area contributed by atoms with E-state index >= 15 is 0 Å². The molecule has 0 saturated carbocycles. The van der Waals surface area contributed by atoms with Crippen LogP contribution in [0.5, 0.6) is 0 Å². The molecular weight excluding hydrogens is 352 g/mol. The van der Waals surface area contributed by atoms with Gasteiger partial charge in [0.15, 0.2) is 0 Å². The van der Waals surface area contributed by atoms with Crippen LogP contribution in [0.1, 0.15) is 15.9 Å². The van der Waals surface area contributed by atoms with Gasteiger partial charge in [-0.15, -0.1) is 0 Å². The number of amides is 1. The second-order valence-electron chi connectivity index (χ2n) is 7.34. The van der Waals surface area contributed by atoms with Crippen molar-refractivity contribution >= 4 is 28.2 Å². The average molecular weight is 376 g/mol. The Morgan fingerprint density at radius 1 is 1.04 bits per heavy atom. The summed E-state index contributed by atoms with van der Waals surface area (Å²) in [4.78, 5) is 32.3. The van der Waals surface area contributed by atoms with Crippen molar-refractivity contribution in [2.45, 2.75) is 6.92 Å². The minimum Gasteiger partial charge on any atom is -0.369 e. The molecule has 2 aromatic carbocycles. The van der Waals surface area contributed by atoms with Crippen molar-refractivity contribution in [3.05, 3.63) is 70.0 Å². The summed E-state index contributed by atoms with van der Waals surface area (Å²) in [5.74, 6) is -0.280. The van der Waals surface area contributed by atoms with E-state index in [2.05, 4.69) is 33.2 Å². The summed E-state index contributed by atoms with van der Waals surface area (Å²) in [6, 6.07) is 14.8. The van der Waals surface area contributed by atoms with Gasteiger partial charge in [-0.2, -0.15) is 0 Å². The monoisotopic (exact) mass is 376 g/mol. The van der Waals surface area contributed by atoms with E-state index in [9.17, 15) is 9.59 Å². The van der Waals surface area contributed by atoms with Crippen molar-refractivity contribution in [1.82, 2.24) is 9.88 Å². The lowest BCUT2D eigenvalue weighted by Gasteiger charge is -2.34. The first-order valence-electron chi connectivity index (χ1n) is 9.49. The molecule has 2 N–H and O–H groups in total. The lowest BCUT2D eigenvalue weighted by atomic mass is 10.1. The van der Waals surface area contributed by atoms with Gasteiger partial charge < -0.3 is 20.1 Å². The Morgan fingerprint density at radius 2 is 1.79 bits per heavy atom. The number of hydrogen-bond acceptors (Lipinski definition) is 4. The van der Waals surface area contributed by atoms with E-state index in [1.54, 1.807) is 6.07 Å². The number of aryl methyl sites for hydroxylation is 1. The molecule has 4 rings (SSSR count). The minimum atomic E-state index is -0.286. The number of piperazine rings is 1. The number of likely N-dealkylation sites (N-methyl/N-ethyl adjacent to an activating group) is 1. The second-order valence-corrected chi connectivity index (χ2v) is 7.34. The Bertz CT molecular complexity index is 1080. The van der Waals surface area contributed by atoms with Gasteiger partial charge in [-0.25, -0.2) is 0 Å². The smallest absolute Gasteiger partial charge is 0.256 e. The van der Waals surface area contributed by atoms with Crippen molar-refractivity contribution in [2.24, 2.45) is 0 Å². The third-order valence-corrected chi connectivity index (χ3v) is 5.32. The topological polar surface area (TPSA) is 68.4 Å². The maximum Gasteiger partial charge on any atom is 0.256 e. The third-order valence-electron chi connectivity index (χ3n) is 5.32. The van der Waals surface area contributed by atoms with Crippen LogP contribution in [0.15, 0.2) is 53.3 Å². The molecule has 144 valence electrons. The standard InChI is InChI=1S/C22H24N4O2/c1-15-13-16(26-11-9-25(2)10-12-26)7-8-19(15)24-22(28)18-14-21(27)23-20-6-4-3-5-17(18)20/h3-8,13-14H,9-12H2,1-2H3,(H,23,27)(H,24,28). The van der Waals surface area contributed by atoms with Crippen molar-refractivity contribution in [1.29, 1.82) is 0 Å². The lowest BCUT2D eigenvalue weighted by Crippen LogP contribution is -2.44. The van der Waals surface area contributed by atoms with E-state index in [-0.39, 0.29) is 11.5 Å². The molecule has 0 spiro atoms. The van der Waals surface area contributed by atoms with Gasteiger partial charge in [-0.1, -0.05) is 18.2 Å². The first kappa shape index (κ1) is 18.3. The predicted octanol–water partition coefficient (Wildman–Crippen LogP) is 2.84. The third kappa shape index (κ3) is 3.64. The molecule has 6 nitrogen and oxygen atoms in total. The maximum atomic E-state index is 12.9. The molecular formula is C22H24N4O2. The van der Waals surface area contributed by atoms with Gasteiger partial charge in [0, 0.05) is 54.5 Å².